The van der Waals surface area contributed by atoms with E-state index in [1.54, 1.807) is 18.6 Å². The molecule has 0 unspecified atom stereocenters. The van der Waals surface area contributed by atoms with Crippen molar-refractivity contribution in [1.29, 1.82) is 0 Å². The molecule has 1 aliphatic heterocycles. The summed E-state index contributed by atoms with van der Waals surface area (Å²) in [5, 5.41) is 1.88. The van der Waals surface area contributed by atoms with Crippen LogP contribution in [0, 0.1) is 20.8 Å². The van der Waals surface area contributed by atoms with E-state index in [-0.39, 0.29) is 12.2 Å². The summed E-state index contributed by atoms with van der Waals surface area (Å²) in [5.41, 5.74) is 6.88. The zero-order valence-electron chi connectivity index (χ0n) is 26.5. The summed E-state index contributed by atoms with van der Waals surface area (Å²) in [6.07, 6.45) is 3.30. The molecule has 1 atom stereocenters. The Hall–Kier alpha value is -4.69. The van der Waals surface area contributed by atoms with Gasteiger partial charge in [0.05, 0.1) is 29.5 Å². The molecule has 0 radical (unpaired) electrons. The summed E-state index contributed by atoms with van der Waals surface area (Å²) in [6, 6.07) is 21.6. The van der Waals surface area contributed by atoms with E-state index in [2.05, 4.69) is 62.6 Å². The molecule has 0 spiro atoms. The first-order chi connectivity index (χ1) is 21.8. The number of nitrogens with zero attached hydrogens (tertiary/aromatic N) is 3. The molecule has 0 fully saturated rings. The summed E-state index contributed by atoms with van der Waals surface area (Å²) in [4.78, 5) is 33.8. The molecule has 7 nitrogen and oxygen atoms in total. The van der Waals surface area contributed by atoms with Gasteiger partial charge in [-0.15, -0.1) is 0 Å². The lowest BCUT2D eigenvalue weighted by atomic mass is 9.90. The molecule has 3 heterocycles. The maximum atomic E-state index is 14.5. The fraction of sp³-hybridized carbons (Fsp3) is 0.270. The molecular formula is C37H37N3O4S. The number of aromatic nitrogens is 2. The molecule has 1 aliphatic rings. The molecule has 45 heavy (non-hydrogen) atoms. The molecule has 0 amide bonds. The third kappa shape index (κ3) is 5.33. The van der Waals surface area contributed by atoms with Gasteiger partial charge in [0.15, 0.2) is 4.80 Å². The summed E-state index contributed by atoms with van der Waals surface area (Å²) >= 11 is 1.34. The van der Waals surface area contributed by atoms with Crippen LogP contribution in [0.3, 0.4) is 0 Å². The quantitative estimate of drug-likeness (QED) is 0.187. The van der Waals surface area contributed by atoms with E-state index in [0.717, 1.165) is 45.4 Å². The van der Waals surface area contributed by atoms with Crippen molar-refractivity contribution in [3.05, 3.63) is 126 Å². The van der Waals surface area contributed by atoms with Crippen LogP contribution in [-0.2, 0) is 9.53 Å². The zero-order valence-corrected chi connectivity index (χ0v) is 27.3. The van der Waals surface area contributed by atoms with Gasteiger partial charge in [0.25, 0.3) is 5.56 Å². The molecule has 230 valence electrons. The van der Waals surface area contributed by atoms with E-state index in [4.69, 9.17) is 14.5 Å². The number of carbonyl (C=O) groups is 1. The second kappa shape index (κ2) is 12.4. The minimum absolute atomic E-state index is 0.210. The number of benzene rings is 3. The van der Waals surface area contributed by atoms with Crippen molar-refractivity contribution < 1.29 is 14.3 Å². The second-order valence-electron chi connectivity index (χ2n) is 11.3. The average molecular weight is 620 g/mol. The third-order valence-corrected chi connectivity index (χ3v) is 9.32. The number of carbonyl (C=O) groups excluding carboxylic acids is 1. The van der Waals surface area contributed by atoms with Crippen molar-refractivity contribution in [2.45, 2.75) is 53.5 Å². The number of allylic oxidation sites excluding steroid dienone is 1. The standard InChI is InChI=1S/C37H37N3O4S/c1-7-12-29-33(36(42)44-8-2)34(32-28-16-10-9-14-25(28)17-18-30(32)43-6)40-35(41)31(45-37(40)38-29)21-26-20-23(4)39(24(26)5)27-15-11-13-22(3)19-27/h9-11,13-21,34H,7-8,12H2,1-6H3/b31-21+/t34-/m0/s1. The van der Waals surface area contributed by atoms with Crippen LogP contribution in [0.15, 0.2) is 87.8 Å². The van der Waals surface area contributed by atoms with Crippen LogP contribution in [0.2, 0.25) is 0 Å². The molecule has 0 saturated carbocycles. The van der Waals surface area contributed by atoms with E-state index < -0.39 is 12.0 Å². The Morgan fingerprint density at radius 1 is 1.02 bits per heavy atom. The Labute approximate surface area is 266 Å². The van der Waals surface area contributed by atoms with Gasteiger partial charge in [0.1, 0.15) is 11.8 Å². The van der Waals surface area contributed by atoms with Gasteiger partial charge >= 0.3 is 5.97 Å². The number of rotatable bonds is 8. The Kier molecular flexibility index (Phi) is 8.34. The number of hydrogen-bond acceptors (Lipinski definition) is 6. The van der Waals surface area contributed by atoms with Gasteiger partial charge < -0.3 is 14.0 Å². The Bertz CT molecular complexity index is 2170. The normalized spacial score (nSPS) is 14.9. The number of aryl methyl sites for hydroxylation is 2. The van der Waals surface area contributed by atoms with Crippen LogP contribution in [0.25, 0.3) is 22.5 Å². The minimum Gasteiger partial charge on any atom is -0.496 e. The molecule has 2 aromatic heterocycles. The predicted octanol–water partition coefficient (Wildman–Crippen LogP) is 6.46. The van der Waals surface area contributed by atoms with Crippen molar-refractivity contribution in [2.75, 3.05) is 13.7 Å². The highest BCUT2D eigenvalue weighted by atomic mass is 32.1. The Morgan fingerprint density at radius 3 is 2.56 bits per heavy atom. The van der Waals surface area contributed by atoms with E-state index in [1.165, 1.54) is 16.9 Å². The number of hydrogen-bond donors (Lipinski definition) is 0. The zero-order chi connectivity index (χ0) is 31.8. The van der Waals surface area contributed by atoms with Gasteiger partial charge in [-0.25, -0.2) is 9.79 Å². The number of esters is 1. The molecule has 6 rings (SSSR count). The van der Waals surface area contributed by atoms with Gasteiger partial charge in [0.2, 0.25) is 0 Å². The van der Waals surface area contributed by atoms with Gasteiger partial charge in [0, 0.05) is 22.6 Å². The number of methoxy groups -OCH3 is 1. The van der Waals surface area contributed by atoms with E-state index in [0.29, 0.717) is 32.8 Å². The van der Waals surface area contributed by atoms with Gasteiger partial charge in [-0.1, -0.05) is 67.1 Å². The topological polar surface area (TPSA) is 74.8 Å². The lowest BCUT2D eigenvalue weighted by Gasteiger charge is -2.28. The highest BCUT2D eigenvalue weighted by Crippen LogP contribution is 2.41. The minimum atomic E-state index is -0.773. The summed E-state index contributed by atoms with van der Waals surface area (Å²) in [5.74, 6) is 0.121. The smallest absolute Gasteiger partial charge is 0.338 e. The fourth-order valence-electron chi connectivity index (χ4n) is 6.37. The van der Waals surface area contributed by atoms with Gasteiger partial charge in [-0.05, 0) is 86.4 Å². The second-order valence-corrected chi connectivity index (χ2v) is 12.3. The predicted molar refractivity (Wildman–Crippen MR) is 180 cm³/mol. The van der Waals surface area contributed by atoms with Crippen molar-refractivity contribution in [2.24, 2.45) is 4.99 Å². The SMILES string of the molecule is CCCC1=C(C(=O)OCC)[C@H](c2c(OC)ccc3ccccc23)n2c(s/c(=C/c3cc(C)n(-c4cccc(C)c4)c3C)c2=O)=N1. The van der Waals surface area contributed by atoms with Crippen LogP contribution in [0.4, 0.5) is 0 Å². The fourth-order valence-corrected chi connectivity index (χ4v) is 7.38. The van der Waals surface area contributed by atoms with E-state index in [9.17, 15) is 9.59 Å². The van der Waals surface area contributed by atoms with Gasteiger partial charge in [-0.2, -0.15) is 0 Å². The third-order valence-electron chi connectivity index (χ3n) is 8.33. The molecule has 5 aromatic rings. The maximum Gasteiger partial charge on any atom is 0.338 e. The Balaban J connectivity index is 1.64. The summed E-state index contributed by atoms with van der Waals surface area (Å²) in [6.45, 7) is 10.3. The molecule has 0 bridgehead atoms. The average Bonchev–Trinajstić information content (AvgIpc) is 3.49. The van der Waals surface area contributed by atoms with Crippen molar-refractivity contribution in [3.63, 3.8) is 0 Å². The van der Waals surface area contributed by atoms with Crippen molar-refractivity contribution in [3.8, 4) is 11.4 Å². The van der Waals surface area contributed by atoms with Crippen LogP contribution in [0.5, 0.6) is 5.75 Å². The van der Waals surface area contributed by atoms with Crippen molar-refractivity contribution >= 4 is 34.2 Å². The lowest BCUT2D eigenvalue weighted by Crippen LogP contribution is -2.40. The summed E-state index contributed by atoms with van der Waals surface area (Å²) in [7, 11) is 1.61. The number of fused-ring (bicyclic) bond motifs is 2. The van der Waals surface area contributed by atoms with Gasteiger partial charge in [-0.3, -0.25) is 9.36 Å². The molecule has 0 saturated heterocycles. The number of thiazole rings is 1. The monoisotopic (exact) mass is 619 g/mol. The molecule has 0 N–H and O–H groups in total. The largest absolute Gasteiger partial charge is 0.496 e. The molecular weight excluding hydrogens is 582 g/mol. The van der Waals surface area contributed by atoms with Crippen LogP contribution >= 0.6 is 11.3 Å². The lowest BCUT2D eigenvalue weighted by molar-refractivity contribution is -0.139. The highest BCUT2D eigenvalue weighted by Gasteiger charge is 2.37. The maximum absolute atomic E-state index is 14.5. The Morgan fingerprint density at radius 2 is 1.82 bits per heavy atom. The van der Waals surface area contributed by atoms with E-state index in [1.807, 2.05) is 42.5 Å². The van der Waals surface area contributed by atoms with Crippen LogP contribution in [0.1, 0.15) is 60.8 Å². The van der Waals surface area contributed by atoms with Crippen molar-refractivity contribution in [1.82, 2.24) is 9.13 Å². The first-order valence-corrected chi connectivity index (χ1v) is 16.1. The molecule has 0 aliphatic carbocycles. The molecule has 3 aromatic carbocycles. The number of ether oxygens (including phenoxy) is 2. The first-order valence-electron chi connectivity index (χ1n) is 15.3. The van der Waals surface area contributed by atoms with Crippen LogP contribution < -0.4 is 19.6 Å². The highest BCUT2D eigenvalue weighted by molar-refractivity contribution is 7.07. The first kappa shape index (κ1) is 30.3. The van der Waals surface area contributed by atoms with Crippen LogP contribution in [-0.4, -0.2) is 28.8 Å². The summed E-state index contributed by atoms with van der Waals surface area (Å²) < 4.78 is 15.9. The van der Waals surface area contributed by atoms with E-state index >= 15 is 0 Å². The molecule has 8 heteroatoms.